The van der Waals surface area contributed by atoms with Gasteiger partial charge in [-0.15, -0.1) is 0 Å². The molecule has 2 atom stereocenters. The Morgan fingerprint density at radius 1 is 0.722 bits per heavy atom. The predicted molar refractivity (Wildman–Crippen MR) is 55.8 cm³/mol. The van der Waals surface area contributed by atoms with Crippen molar-refractivity contribution in [3.63, 3.8) is 0 Å². The molecule has 8 nitrogen and oxygen atoms in total. The number of hydrogen-bond acceptors (Lipinski definition) is 6. The highest BCUT2D eigenvalue weighted by atomic mass is 16.4. The molecule has 0 aromatic carbocycles. The molecule has 0 spiro atoms. The van der Waals surface area contributed by atoms with Gasteiger partial charge in [-0.2, -0.15) is 0 Å². The van der Waals surface area contributed by atoms with Crippen LogP contribution in [0.15, 0.2) is 0 Å². The predicted octanol–water partition coefficient (Wildman–Crippen LogP) is -1.42. The number of aliphatic hydroxyl groups excluding tert-OH is 2. The number of ketones is 2. The highest BCUT2D eigenvalue weighted by molar-refractivity contribution is 5.95. The maximum absolute atomic E-state index is 11.0. The Hall–Kier alpha value is -1.80. The first kappa shape index (κ1) is 16.2. The van der Waals surface area contributed by atoms with Gasteiger partial charge in [0, 0.05) is 12.8 Å². The highest BCUT2D eigenvalue weighted by Crippen LogP contribution is 2.07. The minimum atomic E-state index is -1.59. The number of carbonyl (C=O) groups excluding carboxylic acids is 2. The van der Waals surface area contributed by atoms with Crippen molar-refractivity contribution >= 4 is 23.5 Å². The van der Waals surface area contributed by atoms with E-state index >= 15 is 0 Å². The van der Waals surface area contributed by atoms with Gasteiger partial charge in [0.25, 0.3) is 0 Å². The molecular weight excluding hydrogens is 248 g/mol. The molecule has 0 aromatic rings. The summed E-state index contributed by atoms with van der Waals surface area (Å²) in [7, 11) is 0. The van der Waals surface area contributed by atoms with Gasteiger partial charge in [0.1, 0.15) is 24.4 Å². The van der Waals surface area contributed by atoms with Crippen LogP contribution in [0, 0.1) is 0 Å². The maximum Gasteiger partial charge on any atom is 0.310 e. The maximum atomic E-state index is 11.0. The van der Waals surface area contributed by atoms with Crippen LogP contribution in [0.3, 0.4) is 0 Å². The number of carbonyl (C=O) groups is 4. The SMILES string of the molecule is O=C(O)CC(=O)CC(O)C(O)CC(=O)CC(=O)O. The summed E-state index contributed by atoms with van der Waals surface area (Å²) < 4.78 is 0. The molecule has 102 valence electrons. The lowest BCUT2D eigenvalue weighted by Gasteiger charge is -2.15. The van der Waals surface area contributed by atoms with E-state index in [1.165, 1.54) is 0 Å². The van der Waals surface area contributed by atoms with Crippen molar-refractivity contribution in [3.05, 3.63) is 0 Å². The van der Waals surface area contributed by atoms with E-state index in [-0.39, 0.29) is 0 Å². The molecule has 8 heteroatoms. The molecule has 0 heterocycles. The molecule has 0 fully saturated rings. The third kappa shape index (κ3) is 7.47. The second kappa shape index (κ2) is 7.51. The molecule has 0 aromatic heterocycles. The van der Waals surface area contributed by atoms with Crippen molar-refractivity contribution in [2.45, 2.75) is 37.9 Å². The number of aliphatic carboxylic acids is 2. The summed E-state index contributed by atoms with van der Waals surface area (Å²) in [6, 6.07) is 0. The molecule has 4 N–H and O–H groups in total. The molecular formula is C10H14O8. The normalized spacial score (nSPS) is 13.7. The first-order valence-corrected chi connectivity index (χ1v) is 5.05. The standard InChI is InChI=1S/C10H14O8/c11-5(3-9(15)16)1-7(13)8(14)2-6(12)4-10(17)18/h7-8,13-14H,1-4H2,(H,15,16)(H,17,18). The number of hydrogen-bond donors (Lipinski definition) is 4. The summed E-state index contributed by atoms with van der Waals surface area (Å²) in [5.74, 6) is -4.30. The van der Waals surface area contributed by atoms with Crippen molar-refractivity contribution in [2.24, 2.45) is 0 Å². The summed E-state index contributed by atoms with van der Waals surface area (Å²) in [4.78, 5) is 42.4. The van der Waals surface area contributed by atoms with Gasteiger partial charge < -0.3 is 20.4 Å². The van der Waals surface area contributed by atoms with Crippen LogP contribution in [0.4, 0.5) is 0 Å². The lowest BCUT2D eigenvalue weighted by molar-refractivity contribution is -0.144. The van der Waals surface area contributed by atoms with E-state index in [1.54, 1.807) is 0 Å². The summed E-state index contributed by atoms with van der Waals surface area (Å²) in [6.07, 6.45) is -5.95. The summed E-state index contributed by atoms with van der Waals surface area (Å²) in [5.41, 5.74) is 0. The van der Waals surface area contributed by atoms with E-state index in [0.29, 0.717) is 0 Å². The lowest BCUT2D eigenvalue weighted by atomic mass is 10.0. The van der Waals surface area contributed by atoms with Gasteiger partial charge in [0.15, 0.2) is 0 Å². The van der Waals surface area contributed by atoms with Crippen molar-refractivity contribution in [3.8, 4) is 0 Å². The number of aliphatic hydroxyl groups is 2. The molecule has 0 rings (SSSR count). The van der Waals surface area contributed by atoms with Crippen LogP contribution >= 0.6 is 0 Å². The number of carboxylic acid groups (broad SMARTS) is 2. The number of Topliss-reactive ketones (excluding diaryl/α,β-unsaturated/α-hetero) is 2. The van der Waals surface area contributed by atoms with E-state index in [4.69, 9.17) is 10.2 Å². The van der Waals surface area contributed by atoms with Crippen LogP contribution in [0.5, 0.6) is 0 Å². The molecule has 0 aliphatic carbocycles. The van der Waals surface area contributed by atoms with Crippen molar-refractivity contribution in [1.29, 1.82) is 0 Å². The molecule has 18 heavy (non-hydrogen) atoms. The van der Waals surface area contributed by atoms with Crippen LogP contribution in [-0.2, 0) is 19.2 Å². The van der Waals surface area contributed by atoms with Gasteiger partial charge in [0.05, 0.1) is 12.2 Å². The van der Waals surface area contributed by atoms with E-state index in [9.17, 15) is 29.4 Å². The minimum Gasteiger partial charge on any atom is -0.481 e. The molecule has 0 amide bonds. The Bertz CT molecular complexity index is 314. The van der Waals surface area contributed by atoms with Gasteiger partial charge in [-0.05, 0) is 0 Å². The van der Waals surface area contributed by atoms with Crippen LogP contribution in [0.2, 0.25) is 0 Å². The zero-order valence-electron chi connectivity index (χ0n) is 9.40. The topological polar surface area (TPSA) is 149 Å². The van der Waals surface area contributed by atoms with Crippen LogP contribution < -0.4 is 0 Å². The smallest absolute Gasteiger partial charge is 0.310 e. The van der Waals surface area contributed by atoms with Crippen LogP contribution in [0.1, 0.15) is 25.7 Å². The van der Waals surface area contributed by atoms with Crippen LogP contribution in [-0.4, -0.2) is 56.1 Å². The Kier molecular flexibility index (Phi) is 6.76. The largest absolute Gasteiger partial charge is 0.481 e. The first-order chi connectivity index (χ1) is 8.22. The molecule has 2 unspecified atom stereocenters. The fraction of sp³-hybridized carbons (Fsp3) is 0.600. The van der Waals surface area contributed by atoms with Crippen molar-refractivity contribution in [2.75, 3.05) is 0 Å². The molecule has 0 saturated heterocycles. The molecule has 0 aliphatic rings. The second-order valence-electron chi connectivity index (χ2n) is 3.76. The fourth-order valence-corrected chi connectivity index (χ4v) is 1.22. The molecule has 0 radical (unpaired) electrons. The van der Waals surface area contributed by atoms with Gasteiger partial charge in [-0.25, -0.2) is 0 Å². The first-order valence-electron chi connectivity index (χ1n) is 5.05. The van der Waals surface area contributed by atoms with E-state index in [2.05, 4.69) is 0 Å². The zero-order chi connectivity index (χ0) is 14.3. The summed E-state index contributed by atoms with van der Waals surface area (Å²) >= 11 is 0. The average molecular weight is 262 g/mol. The quantitative estimate of drug-likeness (QED) is 0.369. The zero-order valence-corrected chi connectivity index (χ0v) is 9.40. The fourth-order valence-electron chi connectivity index (χ4n) is 1.22. The average Bonchev–Trinajstić information content (AvgIpc) is 2.13. The van der Waals surface area contributed by atoms with Gasteiger partial charge in [0.2, 0.25) is 0 Å². The second-order valence-corrected chi connectivity index (χ2v) is 3.76. The van der Waals surface area contributed by atoms with Crippen molar-refractivity contribution in [1.82, 2.24) is 0 Å². The van der Waals surface area contributed by atoms with Crippen LogP contribution in [0.25, 0.3) is 0 Å². The molecule has 0 saturated carbocycles. The minimum absolute atomic E-state index is 0.603. The lowest BCUT2D eigenvalue weighted by Crippen LogP contribution is -2.31. The van der Waals surface area contributed by atoms with Gasteiger partial charge >= 0.3 is 11.9 Å². The van der Waals surface area contributed by atoms with Gasteiger partial charge in [-0.3, -0.25) is 19.2 Å². The van der Waals surface area contributed by atoms with E-state index in [1.807, 2.05) is 0 Å². The Balaban J connectivity index is 4.13. The molecule has 0 aliphatic heterocycles. The van der Waals surface area contributed by atoms with E-state index < -0.39 is 61.4 Å². The number of rotatable bonds is 9. The Labute approximate surface area is 102 Å². The summed E-state index contributed by atoms with van der Waals surface area (Å²) in [6.45, 7) is 0. The van der Waals surface area contributed by atoms with Crippen molar-refractivity contribution < 1.29 is 39.6 Å². The Morgan fingerprint density at radius 2 is 1.00 bits per heavy atom. The highest BCUT2D eigenvalue weighted by Gasteiger charge is 2.23. The Morgan fingerprint density at radius 3 is 1.22 bits per heavy atom. The third-order valence-electron chi connectivity index (χ3n) is 2.01. The third-order valence-corrected chi connectivity index (χ3v) is 2.01. The van der Waals surface area contributed by atoms with E-state index in [0.717, 1.165) is 0 Å². The summed E-state index contributed by atoms with van der Waals surface area (Å²) in [5, 5.41) is 35.2. The number of carboxylic acids is 2. The van der Waals surface area contributed by atoms with Gasteiger partial charge in [-0.1, -0.05) is 0 Å². The molecule has 0 bridgehead atoms. The monoisotopic (exact) mass is 262 g/mol.